The van der Waals surface area contributed by atoms with Gasteiger partial charge in [0.2, 0.25) is 0 Å². The van der Waals surface area contributed by atoms with E-state index in [0.29, 0.717) is 12.6 Å². The van der Waals surface area contributed by atoms with Gasteiger partial charge in [0, 0.05) is 32.7 Å². The molecule has 0 spiro atoms. The Labute approximate surface area is 144 Å². The van der Waals surface area contributed by atoms with Crippen LogP contribution in [0.1, 0.15) is 26.6 Å². The molecule has 1 rings (SSSR count). The van der Waals surface area contributed by atoms with Crippen LogP contribution < -0.4 is 10.6 Å². The van der Waals surface area contributed by atoms with Gasteiger partial charge in [0.05, 0.1) is 0 Å². The van der Waals surface area contributed by atoms with Crippen molar-refractivity contribution in [3.05, 3.63) is 12.2 Å². The first kappa shape index (κ1) is 20.1. The van der Waals surface area contributed by atoms with Crippen molar-refractivity contribution < 1.29 is 0 Å². The molecule has 1 aromatic heterocycles. The largest absolute Gasteiger partial charge is 0.357 e. The lowest BCUT2D eigenvalue weighted by atomic mass is 10.3. The maximum absolute atomic E-state index is 4.51. The van der Waals surface area contributed by atoms with Crippen molar-refractivity contribution in [3.63, 3.8) is 0 Å². The van der Waals surface area contributed by atoms with Gasteiger partial charge < -0.3 is 15.5 Å². The molecule has 0 aromatic carbocycles. The Hall–Kier alpha value is -0.900. The number of nitrogens with one attached hydrogen (secondary N) is 2. The molecular weight excluding hydrogens is 381 g/mol. The molecule has 0 bridgehead atoms. The summed E-state index contributed by atoms with van der Waals surface area (Å²) in [7, 11) is 3.99. The second-order valence-corrected chi connectivity index (χ2v) is 5.00. The molecule has 0 saturated heterocycles. The van der Waals surface area contributed by atoms with Gasteiger partial charge in [-0.15, -0.1) is 24.0 Å². The number of likely N-dealkylation sites (N-methyl/N-ethyl adjacent to an activating group) is 1. The zero-order valence-corrected chi connectivity index (χ0v) is 16.0. The fourth-order valence-corrected chi connectivity index (χ4v) is 1.56. The van der Waals surface area contributed by atoms with Crippen LogP contribution in [0.5, 0.6) is 0 Å². The van der Waals surface area contributed by atoms with Gasteiger partial charge in [0.15, 0.2) is 5.96 Å². The maximum Gasteiger partial charge on any atom is 0.191 e. The van der Waals surface area contributed by atoms with Crippen molar-refractivity contribution >= 4 is 29.9 Å². The number of aryl methyl sites for hydroxylation is 1. The first-order valence-corrected chi connectivity index (χ1v) is 7.09. The summed E-state index contributed by atoms with van der Waals surface area (Å²) in [5, 5.41) is 10.6. The lowest BCUT2D eigenvalue weighted by Gasteiger charge is -2.21. The van der Waals surface area contributed by atoms with Crippen molar-refractivity contribution in [2.45, 2.75) is 33.4 Å². The van der Waals surface area contributed by atoms with Gasteiger partial charge in [-0.1, -0.05) is 0 Å². The lowest BCUT2D eigenvalue weighted by Crippen LogP contribution is -2.42. The average Bonchev–Trinajstić information content (AvgIpc) is 2.81. The van der Waals surface area contributed by atoms with Crippen LogP contribution in [0.25, 0.3) is 0 Å². The van der Waals surface area contributed by atoms with Crippen LogP contribution in [0, 0.1) is 0 Å². The van der Waals surface area contributed by atoms with Gasteiger partial charge in [-0.25, -0.2) is 9.98 Å². The normalized spacial score (nSPS) is 11.7. The molecule has 0 aliphatic carbocycles. The van der Waals surface area contributed by atoms with E-state index in [-0.39, 0.29) is 24.0 Å². The predicted molar refractivity (Wildman–Crippen MR) is 97.0 cm³/mol. The number of aromatic nitrogens is 3. The first-order chi connectivity index (χ1) is 9.54. The van der Waals surface area contributed by atoms with E-state index in [1.54, 1.807) is 11.0 Å². The van der Waals surface area contributed by atoms with E-state index in [0.717, 1.165) is 31.4 Å². The summed E-state index contributed by atoms with van der Waals surface area (Å²) in [5.41, 5.74) is 0. The third-order valence-electron chi connectivity index (χ3n) is 3.17. The summed E-state index contributed by atoms with van der Waals surface area (Å²) in [5.74, 6) is 1.66. The number of hydrogen-bond donors (Lipinski definition) is 2. The Bertz CT molecular complexity index is 416. The molecule has 2 N–H and O–H groups in total. The van der Waals surface area contributed by atoms with Gasteiger partial charge in [0.1, 0.15) is 18.7 Å². The van der Waals surface area contributed by atoms with Crippen LogP contribution in [-0.2, 0) is 13.6 Å². The molecule has 0 saturated carbocycles. The molecule has 0 fully saturated rings. The SMILES string of the molecule is CCNC(=NCc1ncnn1C)NCCN(C)C(C)C.I. The average molecular weight is 409 g/mol. The van der Waals surface area contributed by atoms with Gasteiger partial charge >= 0.3 is 0 Å². The molecule has 0 atom stereocenters. The Morgan fingerprint density at radius 1 is 1.43 bits per heavy atom. The van der Waals surface area contributed by atoms with E-state index in [1.165, 1.54) is 0 Å². The van der Waals surface area contributed by atoms with Crippen molar-refractivity contribution in [2.24, 2.45) is 12.0 Å². The monoisotopic (exact) mass is 409 g/mol. The molecule has 0 aliphatic heterocycles. The highest BCUT2D eigenvalue weighted by Crippen LogP contribution is 1.94. The first-order valence-electron chi connectivity index (χ1n) is 7.09. The summed E-state index contributed by atoms with van der Waals surface area (Å²) in [4.78, 5) is 11.0. The van der Waals surface area contributed by atoms with Crippen molar-refractivity contribution in [1.29, 1.82) is 0 Å². The van der Waals surface area contributed by atoms with Gasteiger partial charge in [-0.05, 0) is 27.8 Å². The summed E-state index contributed by atoms with van der Waals surface area (Å²) >= 11 is 0. The zero-order chi connectivity index (χ0) is 15.0. The van der Waals surface area contributed by atoms with Crippen LogP contribution in [0.3, 0.4) is 0 Å². The minimum Gasteiger partial charge on any atom is -0.357 e. The lowest BCUT2D eigenvalue weighted by molar-refractivity contribution is 0.278. The molecular formula is C13H28IN7. The summed E-state index contributed by atoms with van der Waals surface area (Å²) in [6, 6.07) is 0.551. The Balaban J connectivity index is 0.00000400. The van der Waals surface area contributed by atoms with Gasteiger partial charge in [0.25, 0.3) is 0 Å². The fourth-order valence-electron chi connectivity index (χ4n) is 1.56. The maximum atomic E-state index is 4.51. The van der Waals surface area contributed by atoms with Crippen LogP contribution in [-0.4, -0.2) is 58.3 Å². The van der Waals surface area contributed by atoms with Crippen molar-refractivity contribution in [2.75, 3.05) is 26.7 Å². The third-order valence-corrected chi connectivity index (χ3v) is 3.17. The third kappa shape index (κ3) is 7.60. The minimum atomic E-state index is 0. The highest BCUT2D eigenvalue weighted by Gasteiger charge is 2.04. The number of guanidine groups is 1. The molecule has 122 valence electrons. The van der Waals surface area contributed by atoms with E-state index in [9.17, 15) is 0 Å². The van der Waals surface area contributed by atoms with Gasteiger partial charge in [-0.2, -0.15) is 5.10 Å². The number of rotatable bonds is 7. The molecule has 1 aromatic rings. The minimum absolute atomic E-state index is 0. The second-order valence-electron chi connectivity index (χ2n) is 5.00. The van der Waals surface area contributed by atoms with E-state index < -0.39 is 0 Å². The standard InChI is InChI=1S/C13H27N7.HI/c1-6-14-13(15-7-8-19(4)11(2)3)16-9-12-17-10-18-20(12)5;/h10-11H,6-9H2,1-5H3,(H2,14,15,16);1H. The molecule has 21 heavy (non-hydrogen) atoms. The molecule has 0 aliphatic rings. The van der Waals surface area contributed by atoms with Crippen LogP contribution >= 0.6 is 24.0 Å². The molecule has 8 heteroatoms. The molecule has 7 nitrogen and oxygen atoms in total. The van der Waals surface area contributed by atoms with E-state index >= 15 is 0 Å². The number of aliphatic imine (C=N–C) groups is 1. The van der Waals surface area contributed by atoms with Crippen molar-refractivity contribution in [3.8, 4) is 0 Å². The summed E-state index contributed by atoms with van der Waals surface area (Å²) in [6.07, 6.45) is 1.54. The van der Waals surface area contributed by atoms with E-state index in [4.69, 9.17) is 0 Å². The van der Waals surface area contributed by atoms with E-state index in [2.05, 4.69) is 58.4 Å². The van der Waals surface area contributed by atoms with Gasteiger partial charge in [-0.3, -0.25) is 4.68 Å². The molecule has 1 heterocycles. The van der Waals surface area contributed by atoms with Crippen LogP contribution in [0.15, 0.2) is 11.3 Å². The Morgan fingerprint density at radius 2 is 2.14 bits per heavy atom. The fraction of sp³-hybridized carbons (Fsp3) is 0.769. The predicted octanol–water partition coefficient (Wildman–Crippen LogP) is 0.828. The second kappa shape index (κ2) is 10.8. The molecule has 0 unspecified atom stereocenters. The Kier molecular flexibility index (Phi) is 10.3. The summed E-state index contributed by atoms with van der Waals surface area (Å²) in [6.45, 7) is 9.63. The molecule has 0 radical (unpaired) electrons. The Morgan fingerprint density at radius 3 is 2.67 bits per heavy atom. The number of halogens is 1. The topological polar surface area (TPSA) is 70.4 Å². The highest BCUT2D eigenvalue weighted by molar-refractivity contribution is 14.0. The van der Waals surface area contributed by atoms with E-state index in [1.807, 2.05) is 7.05 Å². The number of nitrogens with zero attached hydrogens (tertiary/aromatic N) is 5. The zero-order valence-electron chi connectivity index (χ0n) is 13.6. The summed E-state index contributed by atoms with van der Waals surface area (Å²) < 4.78 is 1.74. The quantitative estimate of drug-likeness (QED) is 0.397. The smallest absolute Gasteiger partial charge is 0.191 e. The van der Waals surface area contributed by atoms with Crippen molar-refractivity contribution in [1.82, 2.24) is 30.3 Å². The van der Waals surface area contributed by atoms with Crippen LogP contribution in [0.2, 0.25) is 0 Å². The van der Waals surface area contributed by atoms with Crippen LogP contribution in [0.4, 0.5) is 0 Å². The number of hydrogen-bond acceptors (Lipinski definition) is 4. The highest BCUT2D eigenvalue weighted by atomic mass is 127. The molecule has 0 amide bonds.